The maximum absolute atomic E-state index is 12.1. The van der Waals surface area contributed by atoms with Crippen LogP contribution in [-0.4, -0.2) is 30.2 Å². The minimum absolute atomic E-state index is 0.146. The molecular weight excluding hydrogens is 286 g/mol. The molecule has 3 rings (SSSR count). The fourth-order valence-corrected chi connectivity index (χ4v) is 3.99. The largest absolute Gasteiger partial charge is 0.450 e. The van der Waals surface area contributed by atoms with E-state index in [0.29, 0.717) is 24.5 Å². The minimum Gasteiger partial charge on any atom is -0.450 e. The van der Waals surface area contributed by atoms with Gasteiger partial charge in [0, 0.05) is 24.1 Å². The van der Waals surface area contributed by atoms with E-state index >= 15 is 0 Å². The topological polar surface area (TPSA) is 29.5 Å². The molecule has 1 saturated carbocycles. The van der Waals surface area contributed by atoms with Crippen molar-refractivity contribution in [3.63, 3.8) is 0 Å². The van der Waals surface area contributed by atoms with Gasteiger partial charge in [-0.05, 0) is 56.7 Å². The quantitative estimate of drug-likeness (QED) is 0.734. The van der Waals surface area contributed by atoms with Crippen LogP contribution in [0.2, 0.25) is 0 Å². The van der Waals surface area contributed by atoms with E-state index in [0.717, 1.165) is 37.8 Å². The molecule has 1 aliphatic carbocycles. The third kappa shape index (κ3) is 3.52. The van der Waals surface area contributed by atoms with Gasteiger partial charge in [0.25, 0.3) is 0 Å². The number of rotatable bonds is 1. The molecule has 0 N–H and O–H groups in total. The molecule has 0 radical (unpaired) electrons. The Hall–Kier alpha value is -1.95. The zero-order valence-electron chi connectivity index (χ0n) is 14.0. The predicted octanol–water partition coefficient (Wildman–Crippen LogP) is 3.99. The lowest BCUT2D eigenvalue weighted by molar-refractivity contribution is 0.0877. The predicted molar refractivity (Wildman–Crippen MR) is 91.0 cm³/mol. The van der Waals surface area contributed by atoms with Crippen LogP contribution in [0.1, 0.15) is 43.7 Å². The second kappa shape index (κ2) is 7.08. The highest BCUT2D eigenvalue weighted by Gasteiger charge is 2.43. The Bertz CT molecular complexity index is 628. The molecule has 2 fully saturated rings. The first-order valence-corrected chi connectivity index (χ1v) is 8.70. The summed E-state index contributed by atoms with van der Waals surface area (Å²) in [6, 6.07) is 8.67. The number of carbonyl (C=O) groups excluding carboxylic acids is 1. The van der Waals surface area contributed by atoms with Gasteiger partial charge in [0.05, 0.1) is 6.61 Å². The van der Waals surface area contributed by atoms with Gasteiger partial charge in [-0.3, -0.25) is 0 Å². The zero-order chi connectivity index (χ0) is 16.2. The zero-order valence-corrected chi connectivity index (χ0v) is 14.0. The molecule has 1 aromatic rings. The summed E-state index contributed by atoms with van der Waals surface area (Å²) in [6.07, 6.45) is 4.29. The van der Waals surface area contributed by atoms with E-state index in [-0.39, 0.29) is 6.09 Å². The second-order valence-electron chi connectivity index (χ2n) is 6.59. The third-order valence-electron chi connectivity index (χ3n) is 5.05. The van der Waals surface area contributed by atoms with Gasteiger partial charge < -0.3 is 9.64 Å². The number of hydrogen-bond donors (Lipinski definition) is 0. The molecule has 23 heavy (non-hydrogen) atoms. The maximum atomic E-state index is 12.1. The van der Waals surface area contributed by atoms with Crippen LogP contribution in [0.15, 0.2) is 24.3 Å². The number of fused-ring (bicyclic) bond motifs is 1. The average Bonchev–Trinajstić information content (AvgIpc) is 2.98. The molecule has 122 valence electrons. The Morgan fingerprint density at radius 1 is 1.35 bits per heavy atom. The number of likely N-dealkylation sites (tertiary alicyclic amines) is 1. The van der Waals surface area contributed by atoms with Crippen LogP contribution >= 0.6 is 0 Å². The van der Waals surface area contributed by atoms with E-state index in [9.17, 15) is 4.79 Å². The third-order valence-corrected chi connectivity index (χ3v) is 5.05. The lowest BCUT2D eigenvalue weighted by Gasteiger charge is -2.34. The molecule has 3 unspecified atom stereocenters. The molecule has 0 spiro atoms. The van der Waals surface area contributed by atoms with Crippen molar-refractivity contribution in [2.24, 2.45) is 11.8 Å². The maximum Gasteiger partial charge on any atom is 0.410 e. The molecule has 3 nitrogen and oxygen atoms in total. The van der Waals surface area contributed by atoms with Crippen molar-refractivity contribution >= 4 is 6.09 Å². The summed E-state index contributed by atoms with van der Waals surface area (Å²) >= 11 is 0. The number of ether oxygens (including phenoxy) is 1. The molecule has 0 aromatic heterocycles. The van der Waals surface area contributed by atoms with E-state index in [1.54, 1.807) is 0 Å². The fourth-order valence-electron chi connectivity index (χ4n) is 3.99. The van der Waals surface area contributed by atoms with Crippen LogP contribution in [0.4, 0.5) is 4.79 Å². The van der Waals surface area contributed by atoms with E-state index < -0.39 is 0 Å². The van der Waals surface area contributed by atoms with Gasteiger partial charge in [0.15, 0.2) is 0 Å². The first-order valence-electron chi connectivity index (χ1n) is 8.70. The summed E-state index contributed by atoms with van der Waals surface area (Å²) in [7, 11) is 0. The summed E-state index contributed by atoms with van der Waals surface area (Å²) in [4.78, 5) is 14.0. The normalized spacial score (nSPS) is 26.2. The molecule has 0 bridgehead atoms. The highest BCUT2D eigenvalue weighted by molar-refractivity contribution is 5.68. The number of aryl methyl sites for hydroxylation is 1. The van der Waals surface area contributed by atoms with Crippen LogP contribution in [-0.2, 0) is 4.74 Å². The summed E-state index contributed by atoms with van der Waals surface area (Å²) in [5, 5.41) is 0. The van der Waals surface area contributed by atoms with Gasteiger partial charge in [-0.1, -0.05) is 30.4 Å². The van der Waals surface area contributed by atoms with Crippen LogP contribution in [0.25, 0.3) is 0 Å². The van der Waals surface area contributed by atoms with Crippen LogP contribution in [0.5, 0.6) is 0 Å². The molecule has 2 aliphatic rings. The Morgan fingerprint density at radius 3 is 3.00 bits per heavy atom. The summed E-state index contributed by atoms with van der Waals surface area (Å²) in [5.41, 5.74) is 2.33. The molecular formula is C20H25NO2. The Kier molecular flexibility index (Phi) is 4.91. The molecule has 1 heterocycles. The SMILES string of the molecule is CCOC(=O)N1CCC2C(C#Cc3cccc(C)c3)CCCC21. The van der Waals surface area contributed by atoms with Crippen molar-refractivity contribution in [3.05, 3.63) is 35.4 Å². The summed E-state index contributed by atoms with van der Waals surface area (Å²) < 4.78 is 5.20. The average molecular weight is 311 g/mol. The van der Waals surface area contributed by atoms with E-state index in [2.05, 4.69) is 43.0 Å². The van der Waals surface area contributed by atoms with Crippen molar-refractivity contribution in [1.82, 2.24) is 4.90 Å². The van der Waals surface area contributed by atoms with Gasteiger partial charge in [-0.2, -0.15) is 0 Å². The van der Waals surface area contributed by atoms with Gasteiger partial charge in [0.2, 0.25) is 0 Å². The number of carbonyl (C=O) groups is 1. The number of benzene rings is 1. The van der Waals surface area contributed by atoms with Crippen LogP contribution < -0.4 is 0 Å². The van der Waals surface area contributed by atoms with Crippen molar-refractivity contribution in [3.8, 4) is 11.8 Å². The summed E-state index contributed by atoms with van der Waals surface area (Å²) in [6.45, 7) is 5.22. The fraction of sp³-hybridized carbons (Fsp3) is 0.550. The van der Waals surface area contributed by atoms with Crippen molar-refractivity contribution < 1.29 is 9.53 Å². The number of nitrogens with zero attached hydrogens (tertiary/aromatic N) is 1. The first-order chi connectivity index (χ1) is 11.2. The molecule has 3 atom stereocenters. The number of hydrogen-bond acceptors (Lipinski definition) is 2. The van der Waals surface area contributed by atoms with Gasteiger partial charge in [0.1, 0.15) is 0 Å². The van der Waals surface area contributed by atoms with E-state index in [1.165, 1.54) is 5.56 Å². The Balaban J connectivity index is 1.72. The highest BCUT2D eigenvalue weighted by Crippen LogP contribution is 2.40. The minimum atomic E-state index is -0.146. The lowest BCUT2D eigenvalue weighted by Crippen LogP contribution is -2.41. The van der Waals surface area contributed by atoms with Crippen molar-refractivity contribution in [1.29, 1.82) is 0 Å². The smallest absolute Gasteiger partial charge is 0.410 e. The highest BCUT2D eigenvalue weighted by atomic mass is 16.6. The van der Waals surface area contributed by atoms with Crippen molar-refractivity contribution in [2.45, 2.75) is 45.6 Å². The monoisotopic (exact) mass is 311 g/mol. The number of amides is 1. The van der Waals surface area contributed by atoms with Crippen molar-refractivity contribution in [2.75, 3.05) is 13.2 Å². The lowest BCUT2D eigenvalue weighted by atomic mass is 9.76. The first kappa shape index (κ1) is 15.9. The Morgan fingerprint density at radius 2 is 2.22 bits per heavy atom. The Labute approximate surface area is 139 Å². The molecule has 1 aromatic carbocycles. The van der Waals surface area contributed by atoms with E-state index in [1.807, 2.05) is 11.8 Å². The van der Waals surface area contributed by atoms with E-state index in [4.69, 9.17) is 4.74 Å². The standard InChI is InChI=1S/C20H25NO2/c1-3-23-20(22)21-13-12-18-17(8-5-9-19(18)21)11-10-16-7-4-6-15(2)14-16/h4,6-7,14,17-19H,3,5,8-9,12-13H2,1-2H3. The molecule has 1 amide bonds. The van der Waals surface area contributed by atoms with Gasteiger partial charge >= 0.3 is 6.09 Å². The van der Waals surface area contributed by atoms with Crippen LogP contribution in [0.3, 0.4) is 0 Å². The van der Waals surface area contributed by atoms with Gasteiger partial charge in [-0.25, -0.2) is 4.79 Å². The van der Waals surface area contributed by atoms with Crippen LogP contribution in [0, 0.1) is 30.6 Å². The molecule has 1 saturated heterocycles. The molecule has 3 heteroatoms. The molecule has 1 aliphatic heterocycles. The second-order valence-corrected chi connectivity index (χ2v) is 6.59. The summed E-state index contributed by atoms with van der Waals surface area (Å²) in [5.74, 6) is 7.75. The van der Waals surface area contributed by atoms with Gasteiger partial charge in [-0.15, -0.1) is 0 Å².